The van der Waals surface area contributed by atoms with Crippen molar-refractivity contribution in [3.63, 3.8) is 0 Å². The first-order chi connectivity index (χ1) is 8.99. The standard InChI is InChI=1S/C16H26N2O/c1-12(2)14-5-10-18(16(19)11-14)15-6-8-17(9-7-15)13(3)4/h5,10-13,15H,6-9H2,1-4H3. The van der Waals surface area contributed by atoms with Crippen molar-refractivity contribution in [2.75, 3.05) is 13.1 Å². The second-order valence-electron chi connectivity index (χ2n) is 6.22. The van der Waals surface area contributed by atoms with Gasteiger partial charge in [0.1, 0.15) is 0 Å². The van der Waals surface area contributed by atoms with Gasteiger partial charge in [-0.25, -0.2) is 0 Å². The van der Waals surface area contributed by atoms with Gasteiger partial charge in [-0.15, -0.1) is 0 Å². The molecule has 0 unspecified atom stereocenters. The molecule has 1 fully saturated rings. The Balaban J connectivity index is 2.10. The number of aromatic nitrogens is 1. The summed E-state index contributed by atoms with van der Waals surface area (Å²) in [5, 5.41) is 0. The van der Waals surface area contributed by atoms with Gasteiger partial charge in [-0.2, -0.15) is 0 Å². The van der Waals surface area contributed by atoms with Crippen LogP contribution in [0.3, 0.4) is 0 Å². The zero-order valence-corrected chi connectivity index (χ0v) is 12.6. The van der Waals surface area contributed by atoms with Gasteiger partial charge in [0.15, 0.2) is 0 Å². The molecule has 106 valence electrons. The highest BCUT2D eigenvalue weighted by Gasteiger charge is 2.22. The molecule has 0 saturated carbocycles. The third kappa shape index (κ3) is 3.27. The van der Waals surface area contributed by atoms with Crippen molar-refractivity contribution in [1.82, 2.24) is 9.47 Å². The number of likely N-dealkylation sites (tertiary alicyclic amines) is 1. The molecule has 0 N–H and O–H groups in total. The minimum Gasteiger partial charge on any atom is -0.312 e. The van der Waals surface area contributed by atoms with Gasteiger partial charge >= 0.3 is 0 Å². The molecular formula is C16H26N2O. The predicted molar refractivity (Wildman–Crippen MR) is 79.8 cm³/mol. The van der Waals surface area contributed by atoms with Gasteiger partial charge in [0.2, 0.25) is 0 Å². The fourth-order valence-electron chi connectivity index (χ4n) is 2.85. The summed E-state index contributed by atoms with van der Waals surface area (Å²) in [6, 6.07) is 4.89. The van der Waals surface area contributed by atoms with E-state index in [0.717, 1.165) is 31.5 Å². The van der Waals surface area contributed by atoms with Crippen molar-refractivity contribution in [3.05, 3.63) is 34.2 Å². The summed E-state index contributed by atoms with van der Waals surface area (Å²) in [5.74, 6) is 0.421. The Morgan fingerprint density at radius 3 is 2.26 bits per heavy atom. The van der Waals surface area contributed by atoms with E-state index >= 15 is 0 Å². The maximum absolute atomic E-state index is 12.2. The van der Waals surface area contributed by atoms with Gasteiger partial charge in [-0.05, 0) is 44.2 Å². The molecule has 1 aromatic heterocycles. The summed E-state index contributed by atoms with van der Waals surface area (Å²) in [4.78, 5) is 14.7. The molecule has 0 amide bonds. The zero-order chi connectivity index (χ0) is 14.0. The summed E-state index contributed by atoms with van der Waals surface area (Å²) in [5.41, 5.74) is 1.30. The minimum atomic E-state index is 0.161. The molecule has 0 radical (unpaired) electrons. The third-order valence-electron chi connectivity index (χ3n) is 4.26. The molecule has 1 aliphatic rings. The molecule has 0 aliphatic carbocycles. The van der Waals surface area contributed by atoms with Gasteiger partial charge in [-0.3, -0.25) is 4.79 Å². The molecule has 3 heteroatoms. The lowest BCUT2D eigenvalue weighted by Crippen LogP contribution is -2.40. The predicted octanol–water partition coefficient (Wildman–Crippen LogP) is 3.02. The highest BCUT2D eigenvalue weighted by Crippen LogP contribution is 2.22. The highest BCUT2D eigenvalue weighted by atomic mass is 16.1. The molecule has 0 atom stereocenters. The van der Waals surface area contributed by atoms with E-state index in [-0.39, 0.29) is 5.56 Å². The summed E-state index contributed by atoms with van der Waals surface area (Å²) in [7, 11) is 0. The largest absolute Gasteiger partial charge is 0.312 e. The summed E-state index contributed by atoms with van der Waals surface area (Å²) in [6.07, 6.45) is 4.16. The maximum atomic E-state index is 12.2. The van der Waals surface area contributed by atoms with E-state index in [2.05, 4.69) is 38.7 Å². The molecule has 2 rings (SSSR count). The Bertz CT molecular complexity index is 468. The molecule has 3 nitrogen and oxygen atoms in total. The van der Waals surface area contributed by atoms with E-state index in [4.69, 9.17) is 0 Å². The van der Waals surface area contributed by atoms with E-state index in [1.807, 2.05) is 10.8 Å². The first-order valence-corrected chi connectivity index (χ1v) is 7.45. The lowest BCUT2D eigenvalue weighted by Gasteiger charge is -2.35. The fraction of sp³-hybridized carbons (Fsp3) is 0.688. The van der Waals surface area contributed by atoms with Crippen LogP contribution in [0.4, 0.5) is 0 Å². The monoisotopic (exact) mass is 262 g/mol. The van der Waals surface area contributed by atoms with Crippen LogP contribution >= 0.6 is 0 Å². The average Bonchev–Trinajstić information content (AvgIpc) is 2.38. The topological polar surface area (TPSA) is 25.2 Å². The van der Waals surface area contributed by atoms with Gasteiger partial charge in [0.25, 0.3) is 5.56 Å². The molecule has 1 saturated heterocycles. The zero-order valence-electron chi connectivity index (χ0n) is 12.6. The quantitative estimate of drug-likeness (QED) is 0.836. The Labute approximate surface area is 116 Å². The molecule has 0 bridgehead atoms. The number of hydrogen-bond acceptors (Lipinski definition) is 2. The third-order valence-corrected chi connectivity index (χ3v) is 4.26. The van der Waals surface area contributed by atoms with E-state index < -0.39 is 0 Å². The van der Waals surface area contributed by atoms with Crippen molar-refractivity contribution in [2.45, 2.75) is 58.5 Å². The van der Waals surface area contributed by atoms with E-state index in [0.29, 0.717) is 18.0 Å². The van der Waals surface area contributed by atoms with Crippen LogP contribution in [0, 0.1) is 0 Å². The van der Waals surface area contributed by atoms with Gasteiger partial charge in [-0.1, -0.05) is 13.8 Å². The first kappa shape index (κ1) is 14.3. The molecular weight excluding hydrogens is 236 g/mol. The Morgan fingerprint density at radius 1 is 1.16 bits per heavy atom. The van der Waals surface area contributed by atoms with Crippen LogP contribution in [-0.4, -0.2) is 28.6 Å². The Hall–Kier alpha value is -1.09. The van der Waals surface area contributed by atoms with E-state index in [1.165, 1.54) is 0 Å². The van der Waals surface area contributed by atoms with Crippen molar-refractivity contribution in [2.24, 2.45) is 0 Å². The van der Waals surface area contributed by atoms with Crippen LogP contribution in [0.2, 0.25) is 0 Å². The van der Waals surface area contributed by atoms with Crippen LogP contribution < -0.4 is 5.56 Å². The fourth-order valence-corrected chi connectivity index (χ4v) is 2.85. The number of rotatable bonds is 3. The lowest BCUT2D eigenvalue weighted by molar-refractivity contribution is 0.150. The van der Waals surface area contributed by atoms with Crippen LogP contribution in [0.1, 0.15) is 58.1 Å². The van der Waals surface area contributed by atoms with Crippen LogP contribution in [0.5, 0.6) is 0 Å². The van der Waals surface area contributed by atoms with Gasteiger partial charge < -0.3 is 9.47 Å². The summed E-state index contributed by atoms with van der Waals surface area (Å²) in [6.45, 7) is 10.9. The Morgan fingerprint density at radius 2 is 1.79 bits per heavy atom. The molecule has 1 aromatic rings. The normalized spacial score (nSPS) is 18.4. The molecule has 2 heterocycles. The first-order valence-electron chi connectivity index (χ1n) is 7.45. The summed E-state index contributed by atoms with van der Waals surface area (Å²) < 4.78 is 1.93. The van der Waals surface area contributed by atoms with Crippen molar-refractivity contribution in [1.29, 1.82) is 0 Å². The molecule has 0 aromatic carbocycles. The lowest BCUT2D eigenvalue weighted by atomic mass is 10.0. The number of pyridine rings is 1. The summed E-state index contributed by atoms with van der Waals surface area (Å²) >= 11 is 0. The van der Waals surface area contributed by atoms with Crippen LogP contribution in [0.15, 0.2) is 23.1 Å². The maximum Gasteiger partial charge on any atom is 0.251 e. The average molecular weight is 262 g/mol. The van der Waals surface area contributed by atoms with Crippen molar-refractivity contribution in [3.8, 4) is 0 Å². The van der Waals surface area contributed by atoms with E-state index in [1.54, 1.807) is 6.07 Å². The smallest absolute Gasteiger partial charge is 0.251 e. The minimum absolute atomic E-state index is 0.161. The molecule has 0 spiro atoms. The van der Waals surface area contributed by atoms with Crippen LogP contribution in [-0.2, 0) is 0 Å². The number of nitrogens with zero attached hydrogens (tertiary/aromatic N) is 2. The van der Waals surface area contributed by atoms with Gasteiger partial charge in [0, 0.05) is 37.4 Å². The molecule has 1 aliphatic heterocycles. The second-order valence-corrected chi connectivity index (χ2v) is 6.22. The van der Waals surface area contributed by atoms with Crippen molar-refractivity contribution >= 4 is 0 Å². The van der Waals surface area contributed by atoms with Gasteiger partial charge in [0.05, 0.1) is 0 Å². The van der Waals surface area contributed by atoms with E-state index in [9.17, 15) is 4.79 Å². The number of hydrogen-bond donors (Lipinski definition) is 0. The second kappa shape index (κ2) is 5.91. The van der Waals surface area contributed by atoms with Crippen LogP contribution in [0.25, 0.3) is 0 Å². The highest BCUT2D eigenvalue weighted by molar-refractivity contribution is 5.15. The SMILES string of the molecule is CC(C)c1ccn(C2CCN(C(C)C)CC2)c(=O)c1. The van der Waals surface area contributed by atoms with Crippen molar-refractivity contribution < 1.29 is 0 Å². The molecule has 19 heavy (non-hydrogen) atoms. The Kier molecular flexibility index (Phi) is 4.46. The number of piperidine rings is 1.